The number of likely N-dealkylation sites (tertiary alicyclic amines) is 1. The molecule has 2 atom stereocenters. The Balaban J connectivity index is 2.10. The van der Waals surface area contributed by atoms with E-state index in [1.165, 1.54) is 6.26 Å². The largest absolute Gasteiger partial charge is 0.481 e. The fraction of sp³-hybridized carbons (Fsp3) is 0.500. The minimum Gasteiger partial charge on any atom is -0.481 e. The highest BCUT2D eigenvalue weighted by molar-refractivity contribution is 5.91. The molecule has 5 heteroatoms. The molecule has 1 N–H and O–H groups in total. The molecule has 1 fully saturated rings. The average Bonchev–Trinajstić information content (AvgIpc) is 2.80. The number of amides is 1. The maximum absolute atomic E-state index is 12.0. The lowest BCUT2D eigenvalue weighted by molar-refractivity contribution is -0.143. The first-order chi connectivity index (χ1) is 8.08. The molecule has 0 aromatic carbocycles. The summed E-state index contributed by atoms with van der Waals surface area (Å²) in [6, 6.07) is 3.24. The number of aliphatic carboxylic acids is 1. The Morgan fingerprint density at radius 1 is 1.47 bits per heavy atom. The van der Waals surface area contributed by atoms with Gasteiger partial charge in [-0.25, -0.2) is 0 Å². The fourth-order valence-electron chi connectivity index (χ4n) is 2.25. The molecule has 1 saturated heterocycles. The Labute approximate surface area is 99.0 Å². The highest BCUT2D eigenvalue weighted by atomic mass is 16.4. The van der Waals surface area contributed by atoms with Crippen LogP contribution in [-0.2, 0) is 4.79 Å². The zero-order valence-electron chi connectivity index (χ0n) is 9.63. The van der Waals surface area contributed by atoms with E-state index < -0.39 is 11.9 Å². The van der Waals surface area contributed by atoms with Crippen LogP contribution >= 0.6 is 0 Å². The van der Waals surface area contributed by atoms with E-state index in [1.807, 2.05) is 6.92 Å². The summed E-state index contributed by atoms with van der Waals surface area (Å²) in [6.07, 6.45) is 2.06. The number of carboxylic acid groups (broad SMARTS) is 1. The molecule has 0 bridgehead atoms. The van der Waals surface area contributed by atoms with Gasteiger partial charge in [0.25, 0.3) is 5.91 Å². The molecule has 0 radical (unpaired) electrons. The first-order valence-electron chi connectivity index (χ1n) is 5.63. The van der Waals surface area contributed by atoms with Crippen LogP contribution in [0.15, 0.2) is 22.8 Å². The average molecular weight is 237 g/mol. The summed E-state index contributed by atoms with van der Waals surface area (Å²) < 4.78 is 5.04. The number of piperidine rings is 1. The second kappa shape index (κ2) is 4.61. The van der Waals surface area contributed by atoms with Crippen molar-refractivity contribution in [3.8, 4) is 0 Å². The SMILES string of the molecule is CC1CC(C(=O)O)CN(C(=O)c2ccco2)C1. The van der Waals surface area contributed by atoms with E-state index in [-0.39, 0.29) is 24.1 Å². The summed E-state index contributed by atoms with van der Waals surface area (Å²) in [5.41, 5.74) is 0. The van der Waals surface area contributed by atoms with Crippen LogP contribution in [0.25, 0.3) is 0 Å². The third-order valence-corrected chi connectivity index (χ3v) is 3.03. The van der Waals surface area contributed by atoms with E-state index in [2.05, 4.69) is 0 Å². The van der Waals surface area contributed by atoms with Crippen LogP contribution in [0.4, 0.5) is 0 Å². The normalized spacial score (nSPS) is 24.6. The maximum Gasteiger partial charge on any atom is 0.308 e. The van der Waals surface area contributed by atoms with Crippen molar-refractivity contribution >= 4 is 11.9 Å². The third kappa shape index (κ3) is 2.49. The van der Waals surface area contributed by atoms with Gasteiger partial charge in [-0.05, 0) is 24.5 Å². The highest BCUT2D eigenvalue weighted by Crippen LogP contribution is 2.23. The molecule has 1 aliphatic rings. The number of hydrogen-bond donors (Lipinski definition) is 1. The van der Waals surface area contributed by atoms with Gasteiger partial charge in [-0.2, -0.15) is 0 Å². The van der Waals surface area contributed by atoms with Crippen LogP contribution in [0.3, 0.4) is 0 Å². The molecule has 2 heterocycles. The Kier molecular flexibility index (Phi) is 3.17. The zero-order valence-corrected chi connectivity index (χ0v) is 9.63. The van der Waals surface area contributed by atoms with Gasteiger partial charge in [-0.3, -0.25) is 9.59 Å². The van der Waals surface area contributed by atoms with Gasteiger partial charge in [0.15, 0.2) is 5.76 Å². The Hall–Kier alpha value is -1.78. The molecule has 2 unspecified atom stereocenters. The molecular formula is C12H15NO4. The lowest BCUT2D eigenvalue weighted by Crippen LogP contribution is -2.45. The molecule has 1 aromatic rings. The molecule has 1 aliphatic heterocycles. The van der Waals surface area contributed by atoms with Crippen molar-refractivity contribution in [3.05, 3.63) is 24.2 Å². The van der Waals surface area contributed by atoms with Crippen LogP contribution in [0.1, 0.15) is 23.9 Å². The zero-order chi connectivity index (χ0) is 12.4. The fourth-order valence-corrected chi connectivity index (χ4v) is 2.25. The Bertz CT molecular complexity index is 412. The Morgan fingerprint density at radius 2 is 2.24 bits per heavy atom. The number of carbonyl (C=O) groups excluding carboxylic acids is 1. The van der Waals surface area contributed by atoms with Crippen LogP contribution in [0, 0.1) is 11.8 Å². The van der Waals surface area contributed by atoms with Crippen LogP contribution in [0.2, 0.25) is 0 Å². The standard InChI is InChI=1S/C12H15NO4/c1-8-5-9(12(15)16)7-13(6-8)11(14)10-3-2-4-17-10/h2-4,8-9H,5-7H2,1H3,(H,15,16). The molecule has 92 valence electrons. The highest BCUT2D eigenvalue weighted by Gasteiger charge is 2.32. The van der Waals surface area contributed by atoms with Gasteiger partial charge >= 0.3 is 5.97 Å². The number of furan rings is 1. The molecule has 0 spiro atoms. The van der Waals surface area contributed by atoms with Crippen LogP contribution in [0.5, 0.6) is 0 Å². The summed E-state index contributed by atoms with van der Waals surface area (Å²) >= 11 is 0. The van der Waals surface area contributed by atoms with Crippen molar-refractivity contribution in [1.29, 1.82) is 0 Å². The summed E-state index contributed by atoms with van der Waals surface area (Å²) in [6.45, 7) is 2.81. The minimum atomic E-state index is -0.839. The monoisotopic (exact) mass is 237 g/mol. The second-order valence-electron chi connectivity index (χ2n) is 4.56. The lowest BCUT2D eigenvalue weighted by atomic mass is 9.90. The van der Waals surface area contributed by atoms with Gasteiger partial charge in [-0.1, -0.05) is 6.92 Å². The van der Waals surface area contributed by atoms with Crippen molar-refractivity contribution in [3.63, 3.8) is 0 Å². The molecule has 1 aromatic heterocycles. The van der Waals surface area contributed by atoms with E-state index in [1.54, 1.807) is 17.0 Å². The van der Waals surface area contributed by atoms with Gasteiger partial charge in [0, 0.05) is 13.1 Å². The summed E-state index contributed by atoms with van der Waals surface area (Å²) in [4.78, 5) is 24.6. The van der Waals surface area contributed by atoms with E-state index in [4.69, 9.17) is 9.52 Å². The van der Waals surface area contributed by atoms with E-state index >= 15 is 0 Å². The topological polar surface area (TPSA) is 70.8 Å². The summed E-state index contributed by atoms with van der Waals surface area (Å²) in [5.74, 6) is -1.08. The molecule has 17 heavy (non-hydrogen) atoms. The number of hydrogen-bond acceptors (Lipinski definition) is 3. The van der Waals surface area contributed by atoms with Gasteiger partial charge in [-0.15, -0.1) is 0 Å². The summed E-state index contributed by atoms with van der Waals surface area (Å²) in [7, 11) is 0. The Morgan fingerprint density at radius 3 is 2.82 bits per heavy atom. The van der Waals surface area contributed by atoms with Gasteiger partial charge in [0.2, 0.25) is 0 Å². The first-order valence-corrected chi connectivity index (χ1v) is 5.63. The number of carbonyl (C=O) groups is 2. The number of rotatable bonds is 2. The molecule has 0 saturated carbocycles. The molecule has 0 aliphatic carbocycles. The third-order valence-electron chi connectivity index (χ3n) is 3.03. The second-order valence-corrected chi connectivity index (χ2v) is 4.56. The molecule has 5 nitrogen and oxygen atoms in total. The predicted molar refractivity (Wildman–Crippen MR) is 59.5 cm³/mol. The molecular weight excluding hydrogens is 222 g/mol. The summed E-state index contributed by atoms with van der Waals surface area (Å²) in [5, 5.41) is 9.02. The quantitative estimate of drug-likeness (QED) is 0.845. The smallest absolute Gasteiger partial charge is 0.308 e. The maximum atomic E-state index is 12.0. The van der Waals surface area contributed by atoms with Gasteiger partial charge < -0.3 is 14.4 Å². The van der Waals surface area contributed by atoms with Crippen molar-refractivity contribution in [1.82, 2.24) is 4.90 Å². The number of carboxylic acids is 1. The minimum absolute atomic E-state index is 0.198. The van der Waals surface area contributed by atoms with Crippen LogP contribution in [-0.4, -0.2) is 35.0 Å². The van der Waals surface area contributed by atoms with Crippen molar-refractivity contribution in [2.75, 3.05) is 13.1 Å². The van der Waals surface area contributed by atoms with Crippen molar-refractivity contribution in [2.45, 2.75) is 13.3 Å². The van der Waals surface area contributed by atoms with Crippen molar-refractivity contribution < 1.29 is 19.1 Å². The first kappa shape index (κ1) is 11.7. The van der Waals surface area contributed by atoms with Crippen molar-refractivity contribution in [2.24, 2.45) is 11.8 Å². The van der Waals surface area contributed by atoms with Gasteiger partial charge in [0.05, 0.1) is 12.2 Å². The predicted octanol–water partition coefficient (Wildman–Crippen LogP) is 1.46. The molecule has 2 rings (SSSR count). The lowest BCUT2D eigenvalue weighted by Gasteiger charge is -2.34. The van der Waals surface area contributed by atoms with Crippen LogP contribution < -0.4 is 0 Å². The van der Waals surface area contributed by atoms with E-state index in [0.29, 0.717) is 13.0 Å². The van der Waals surface area contributed by atoms with E-state index in [9.17, 15) is 9.59 Å². The number of nitrogens with zero attached hydrogens (tertiary/aromatic N) is 1. The van der Waals surface area contributed by atoms with Gasteiger partial charge in [0.1, 0.15) is 0 Å². The van der Waals surface area contributed by atoms with E-state index in [0.717, 1.165) is 0 Å². The molecule has 1 amide bonds.